The van der Waals surface area contributed by atoms with E-state index in [1.165, 1.54) is 47.6 Å². The number of hydrogen-bond acceptors (Lipinski definition) is 14. The molecule has 10 atom stereocenters. The lowest BCUT2D eigenvalue weighted by molar-refractivity contribution is -0.259. The van der Waals surface area contributed by atoms with Crippen LogP contribution in [0.3, 0.4) is 0 Å². The molecule has 0 spiro atoms. The molecule has 0 amide bonds. The van der Waals surface area contributed by atoms with Crippen molar-refractivity contribution < 1.29 is 66.7 Å². The fourth-order valence-electron chi connectivity index (χ4n) is 9.21. The quantitative estimate of drug-likeness (QED) is 0.136. The van der Waals surface area contributed by atoms with Crippen LogP contribution in [-0.4, -0.2) is 85.0 Å². The van der Waals surface area contributed by atoms with Gasteiger partial charge in [0.25, 0.3) is 0 Å². The summed E-state index contributed by atoms with van der Waals surface area (Å²) in [6.45, 7) is 14.0. The van der Waals surface area contributed by atoms with Crippen LogP contribution < -0.4 is 0 Å². The predicted octanol–water partition coefficient (Wildman–Crippen LogP) is 4.85. The summed E-state index contributed by atoms with van der Waals surface area (Å²) < 4.78 is 42.2. The Balaban J connectivity index is 2.08. The number of benzene rings is 1. The first-order chi connectivity index (χ1) is 25.7. The molecule has 0 heterocycles. The van der Waals surface area contributed by atoms with Crippen LogP contribution in [0.1, 0.15) is 87.6 Å². The lowest BCUT2D eigenvalue weighted by Gasteiger charge is -2.62. The van der Waals surface area contributed by atoms with E-state index in [0.29, 0.717) is 11.1 Å². The molecule has 14 nitrogen and oxygen atoms in total. The van der Waals surface area contributed by atoms with E-state index in [0.717, 1.165) is 5.56 Å². The van der Waals surface area contributed by atoms with Gasteiger partial charge in [-0.15, -0.1) is 0 Å². The lowest BCUT2D eigenvalue weighted by atomic mass is 9.47. The summed E-state index contributed by atoms with van der Waals surface area (Å²) in [5.74, 6) is -7.73. The van der Waals surface area contributed by atoms with Crippen molar-refractivity contribution >= 4 is 47.9 Å². The summed E-state index contributed by atoms with van der Waals surface area (Å²) >= 11 is 0. The second-order valence-electron chi connectivity index (χ2n) is 15.3. The van der Waals surface area contributed by atoms with Gasteiger partial charge in [0.15, 0.2) is 12.2 Å². The Morgan fingerprint density at radius 2 is 1.27 bits per heavy atom. The highest BCUT2D eigenvalue weighted by atomic mass is 16.6. The third-order valence-electron chi connectivity index (χ3n) is 11.2. The maximum Gasteiger partial charge on any atom is 0.330 e. The lowest BCUT2D eigenvalue weighted by Crippen LogP contribution is -2.70. The maximum absolute atomic E-state index is 13.3. The zero-order valence-corrected chi connectivity index (χ0v) is 33.1. The monoisotopic (exact) mass is 768 g/mol. The van der Waals surface area contributed by atoms with Crippen molar-refractivity contribution in [2.24, 2.45) is 28.6 Å². The minimum Gasteiger partial charge on any atom is -0.462 e. The number of carbonyl (C=O) groups excluding carboxylic acids is 7. The SMILES string of the molecule is CC(=O)OC1CC2C(OC(C)=O)C3C(COC(=O)C=Cc4ccccc4)C(OC(C)=O)CC(OC(C)=O)C3(C)C(OC(C)=O)C(OC(C)=O)C(=C1C)C2(C)C. The van der Waals surface area contributed by atoms with Gasteiger partial charge < -0.3 is 33.2 Å². The number of hydrogen-bond donors (Lipinski definition) is 0. The van der Waals surface area contributed by atoms with E-state index in [2.05, 4.69) is 0 Å². The summed E-state index contributed by atoms with van der Waals surface area (Å²) in [6, 6.07) is 9.05. The van der Waals surface area contributed by atoms with Crippen LogP contribution in [0.25, 0.3) is 6.08 Å². The molecular weight excluding hydrogens is 716 g/mol. The van der Waals surface area contributed by atoms with E-state index in [9.17, 15) is 33.6 Å². The Kier molecular flexibility index (Phi) is 13.4. The molecule has 2 fully saturated rings. The molecule has 0 saturated heterocycles. The molecule has 2 saturated carbocycles. The topological polar surface area (TPSA) is 184 Å². The minimum absolute atomic E-state index is 0.125. The first-order valence-corrected chi connectivity index (χ1v) is 18.3. The molecular formula is C41H52O14. The molecule has 55 heavy (non-hydrogen) atoms. The van der Waals surface area contributed by atoms with Gasteiger partial charge in [-0.05, 0) is 41.5 Å². The zero-order chi connectivity index (χ0) is 41.0. The Labute approximate surface area is 321 Å². The van der Waals surface area contributed by atoms with E-state index in [-0.39, 0.29) is 12.8 Å². The summed E-state index contributed by atoms with van der Waals surface area (Å²) in [5.41, 5.74) is -0.878. The van der Waals surface area contributed by atoms with Crippen molar-refractivity contribution in [2.75, 3.05) is 6.61 Å². The highest BCUT2D eigenvalue weighted by Crippen LogP contribution is 2.62. The molecule has 4 rings (SSSR count). The number of rotatable bonds is 10. The van der Waals surface area contributed by atoms with Gasteiger partial charge in [0.05, 0.1) is 12.0 Å². The Hall–Kier alpha value is -5.01. The Morgan fingerprint density at radius 1 is 0.709 bits per heavy atom. The summed E-state index contributed by atoms with van der Waals surface area (Å²) in [6.07, 6.45) is -4.38. The molecule has 3 aliphatic rings. The largest absolute Gasteiger partial charge is 0.462 e. The molecule has 0 N–H and O–H groups in total. The smallest absolute Gasteiger partial charge is 0.330 e. The van der Waals surface area contributed by atoms with Crippen molar-refractivity contribution in [1.82, 2.24) is 0 Å². The van der Waals surface area contributed by atoms with Gasteiger partial charge in [-0.2, -0.15) is 0 Å². The van der Waals surface area contributed by atoms with Crippen LogP contribution in [0.2, 0.25) is 0 Å². The van der Waals surface area contributed by atoms with Gasteiger partial charge in [-0.1, -0.05) is 51.1 Å². The maximum atomic E-state index is 13.3. The van der Waals surface area contributed by atoms with Crippen LogP contribution in [-0.2, 0) is 66.7 Å². The van der Waals surface area contributed by atoms with Gasteiger partial charge in [-0.3, -0.25) is 28.8 Å². The van der Waals surface area contributed by atoms with Gasteiger partial charge in [0, 0.05) is 71.8 Å². The zero-order valence-electron chi connectivity index (χ0n) is 33.1. The van der Waals surface area contributed by atoms with Crippen molar-refractivity contribution in [1.29, 1.82) is 0 Å². The van der Waals surface area contributed by atoms with Gasteiger partial charge in [0.1, 0.15) is 24.4 Å². The standard InChI is InChI=1S/C41H52O14/c1-21-31(50-22(2)42)18-30-37(53-25(5)45)36-29(20-49-34(48)17-16-28-14-12-11-13-15-28)32(51-23(3)43)19-33(52-24(4)44)41(36,10)39(55-27(7)47)38(54-26(6)46)35(21)40(30,8)9/h11-17,29-33,36-39H,18-20H2,1-10H3. The molecule has 0 aliphatic heterocycles. The first kappa shape index (κ1) is 42.7. The predicted molar refractivity (Wildman–Crippen MR) is 194 cm³/mol. The van der Waals surface area contributed by atoms with Gasteiger partial charge >= 0.3 is 41.8 Å². The number of ether oxygens (including phenoxy) is 7. The molecule has 1 aromatic carbocycles. The molecule has 0 radical (unpaired) electrons. The fourth-order valence-corrected chi connectivity index (χ4v) is 9.21. The second kappa shape index (κ2) is 17.2. The number of esters is 7. The van der Waals surface area contributed by atoms with E-state index in [4.69, 9.17) is 33.2 Å². The summed E-state index contributed by atoms with van der Waals surface area (Å²) in [4.78, 5) is 90.9. The first-order valence-electron chi connectivity index (χ1n) is 18.3. The molecule has 10 unspecified atom stereocenters. The van der Waals surface area contributed by atoms with Crippen LogP contribution in [0.5, 0.6) is 0 Å². The second-order valence-corrected chi connectivity index (χ2v) is 15.3. The van der Waals surface area contributed by atoms with E-state index < -0.39 is 114 Å². The van der Waals surface area contributed by atoms with Crippen LogP contribution >= 0.6 is 0 Å². The van der Waals surface area contributed by atoms with Gasteiger partial charge in [0.2, 0.25) is 0 Å². The van der Waals surface area contributed by atoms with E-state index in [1.54, 1.807) is 32.1 Å². The van der Waals surface area contributed by atoms with Crippen LogP contribution in [0, 0.1) is 28.6 Å². The fraction of sp³-hybridized carbons (Fsp3) is 0.585. The molecule has 1 aromatic rings. The Morgan fingerprint density at radius 3 is 1.82 bits per heavy atom. The Bertz CT molecular complexity index is 1730. The normalized spacial score (nSPS) is 31.1. The van der Waals surface area contributed by atoms with Crippen LogP contribution in [0.4, 0.5) is 0 Å². The van der Waals surface area contributed by atoms with Crippen molar-refractivity contribution in [3.63, 3.8) is 0 Å². The van der Waals surface area contributed by atoms with Crippen molar-refractivity contribution in [3.8, 4) is 0 Å². The number of fused-ring (bicyclic) bond motifs is 3. The molecule has 14 heteroatoms. The average molecular weight is 769 g/mol. The summed E-state index contributed by atoms with van der Waals surface area (Å²) in [5, 5.41) is 0. The third-order valence-corrected chi connectivity index (χ3v) is 11.2. The number of carbonyl (C=O) groups is 7. The highest BCUT2D eigenvalue weighted by molar-refractivity contribution is 5.87. The average Bonchev–Trinajstić information content (AvgIpc) is 3.06. The third kappa shape index (κ3) is 9.45. The molecule has 3 aliphatic carbocycles. The van der Waals surface area contributed by atoms with Crippen molar-refractivity contribution in [2.45, 2.75) is 119 Å². The highest BCUT2D eigenvalue weighted by Gasteiger charge is 2.69. The van der Waals surface area contributed by atoms with E-state index >= 15 is 0 Å². The van der Waals surface area contributed by atoms with Gasteiger partial charge in [-0.25, -0.2) is 4.79 Å². The molecule has 300 valence electrons. The molecule has 2 bridgehead atoms. The van der Waals surface area contributed by atoms with E-state index in [1.807, 2.05) is 32.0 Å². The van der Waals surface area contributed by atoms with Crippen molar-refractivity contribution in [3.05, 3.63) is 53.1 Å². The summed E-state index contributed by atoms with van der Waals surface area (Å²) in [7, 11) is 0. The minimum atomic E-state index is -1.60. The molecule has 0 aromatic heterocycles. The van der Waals surface area contributed by atoms with Crippen LogP contribution in [0.15, 0.2) is 47.6 Å².